The van der Waals surface area contributed by atoms with Crippen LogP contribution in [0.3, 0.4) is 0 Å². The summed E-state index contributed by atoms with van der Waals surface area (Å²) < 4.78 is 2.76. The smallest absolute Gasteiger partial charge is 0.262 e. The van der Waals surface area contributed by atoms with Gasteiger partial charge in [0.15, 0.2) is 4.77 Å². The lowest BCUT2D eigenvalue weighted by Crippen LogP contribution is -2.43. The maximum absolute atomic E-state index is 13.0. The first-order chi connectivity index (χ1) is 14.8. The van der Waals surface area contributed by atoms with Crippen LogP contribution in [0, 0.1) is 16.6 Å². The van der Waals surface area contributed by atoms with Crippen LogP contribution in [-0.2, 0) is 6.54 Å². The minimum absolute atomic E-state index is 0.0393. The Morgan fingerprint density at radius 1 is 1.19 bits per heavy atom. The third-order valence-electron chi connectivity index (χ3n) is 6.52. The number of amides is 1. The average Bonchev–Trinajstić information content (AvgIpc) is 2.75. The van der Waals surface area contributed by atoms with Crippen molar-refractivity contribution in [3.05, 3.63) is 73.2 Å². The molecule has 0 saturated heterocycles. The number of aromatic nitrogens is 2. The lowest BCUT2D eigenvalue weighted by atomic mass is 9.78. The van der Waals surface area contributed by atoms with Crippen LogP contribution in [0.1, 0.15) is 49.0 Å². The Labute approximate surface area is 195 Å². The molecule has 4 rings (SSSR count). The van der Waals surface area contributed by atoms with Gasteiger partial charge >= 0.3 is 0 Å². The Morgan fingerprint density at radius 2 is 1.94 bits per heavy atom. The van der Waals surface area contributed by atoms with Crippen LogP contribution in [0.15, 0.2) is 51.7 Å². The van der Waals surface area contributed by atoms with Crippen LogP contribution in [0.4, 0.5) is 0 Å². The minimum atomic E-state index is -0.137. The topological polar surface area (TPSA) is 66.9 Å². The Kier molecular flexibility index (Phi) is 6.44. The van der Waals surface area contributed by atoms with Crippen molar-refractivity contribution in [3.8, 4) is 0 Å². The highest BCUT2D eigenvalue weighted by Gasteiger charge is 2.28. The highest BCUT2D eigenvalue weighted by molar-refractivity contribution is 9.10. The van der Waals surface area contributed by atoms with Crippen molar-refractivity contribution in [1.29, 1.82) is 0 Å². The number of hydrogen-bond acceptors (Lipinski definition) is 3. The third kappa shape index (κ3) is 4.67. The van der Waals surface area contributed by atoms with E-state index in [1.807, 2.05) is 36.4 Å². The molecule has 0 spiro atoms. The summed E-state index contributed by atoms with van der Waals surface area (Å²) in [7, 11) is 0. The van der Waals surface area contributed by atoms with Gasteiger partial charge in [0.1, 0.15) is 0 Å². The number of nitrogens with one attached hydrogen (secondary N) is 2. The predicted molar refractivity (Wildman–Crippen MR) is 130 cm³/mol. The number of fused-ring (bicyclic) bond motifs is 1. The van der Waals surface area contributed by atoms with E-state index in [1.54, 1.807) is 10.6 Å². The zero-order valence-electron chi connectivity index (χ0n) is 17.7. The second-order valence-corrected chi connectivity index (χ2v) is 9.86. The normalized spacial score (nSPS) is 21.2. The zero-order chi connectivity index (χ0) is 22.1. The molecule has 7 heteroatoms. The second kappa shape index (κ2) is 9.09. The summed E-state index contributed by atoms with van der Waals surface area (Å²) in [5.41, 5.74) is 2.12. The van der Waals surface area contributed by atoms with Crippen LogP contribution in [-0.4, -0.2) is 21.5 Å². The highest BCUT2D eigenvalue weighted by Crippen LogP contribution is 2.29. The van der Waals surface area contributed by atoms with Gasteiger partial charge < -0.3 is 10.3 Å². The fourth-order valence-electron chi connectivity index (χ4n) is 4.35. The number of hydrogen-bond donors (Lipinski definition) is 2. The number of aromatic amines is 1. The summed E-state index contributed by atoms with van der Waals surface area (Å²) in [6.07, 6.45) is 3.43. The number of carbonyl (C=O) groups is 1. The SMILES string of the molecule is C[C@H]1[C@H](C)CCC[C@H]1NC(=O)c1ccc(Cn2c(=S)[nH]c3ccc(Br)cc3c2=O)cc1. The van der Waals surface area contributed by atoms with E-state index in [4.69, 9.17) is 12.2 Å². The fraction of sp³-hybridized carbons (Fsp3) is 0.375. The van der Waals surface area contributed by atoms with E-state index in [9.17, 15) is 9.59 Å². The maximum atomic E-state index is 13.0. The molecule has 1 fully saturated rings. The molecule has 3 aromatic rings. The molecule has 0 aliphatic heterocycles. The van der Waals surface area contributed by atoms with Gasteiger partial charge in [-0.15, -0.1) is 0 Å². The van der Waals surface area contributed by atoms with Gasteiger partial charge in [-0.3, -0.25) is 14.2 Å². The summed E-state index contributed by atoms with van der Waals surface area (Å²) >= 11 is 8.82. The molecule has 1 amide bonds. The monoisotopic (exact) mass is 499 g/mol. The van der Waals surface area contributed by atoms with Crippen LogP contribution < -0.4 is 10.9 Å². The molecule has 0 radical (unpaired) electrons. The van der Waals surface area contributed by atoms with Crippen LogP contribution in [0.2, 0.25) is 0 Å². The molecule has 31 heavy (non-hydrogen) atoms. The molecule has 1 aliphatic rings. The lowest BCUT2D eigenvalue weighted by Gasteiger charge is -2.34. The summed E-state index contributed by atoms with van der Waals surface area (Å²) in [6, 6.07) is 13.1. The Balaban J connectivity index is 1.52. The first-order valence-electron chi connectivity index (χ1n) is 10.7. The first-order valence-corrected chi connectivity index (χ1v) is 11.9. The average molecular weight is 500 g/mol. The lowest BCUT2D eigenvalue weighted by molar-refractivity contribution is 0.0891. The number of rotatable bonds is 4. The summed E-state index contributed by atoms with van der Waals surface area (Å²) in [5, 5.41) is 3.79. The number of benzene rings is 2. The van der Waals surface area contributed by atoms with Crippen molar-refractivity contribution in [2.24, 2.45) is 11.8 Å². The van der Waals surface area contributed by atoms with Gasteiger partial charge in [0, 0.05) is 16.1 Å². The molecule has 162 valence electrons. The van der Waals surface area contributed by atoms with Crippen molar-refractivity contribution in [2.45, 2.75) is 45.7 Å². The predicted octanol–water partition coefficient (Wildman–Crippen LogP) is 5.42. The molecule has 1 aliphatic carbocycles. The highest BCUT2D eigenvalue weighted by atomic mass is 79.9. The quantitative estimate of drug-likeness (QED) is 0.470. The summed E-state index contributed by atoms with van der Waals surface area (Å²) in [6.45, 7) is 4.83. The van der Waals surface area contributed by atoms with E-state index >= 15 is 0 Å². The number of H-pyrrole nitrogens is 1. The largest absolute Gasteiger partial charge is 0.349 e. The maximum Gasteiger partial charge on any atom is 0.262 e. The van der Waals surface area contributed by atoms with Crippen molar-refractivity contribution >= 4 is 45.0 Å². The van der Waals surface area contributed by atoms with Gasteiger partial charge in [-0.25, -0.2) is 0 Å². The minimum Gasteiger partial charge on any atom is -0.349 e. The van der Waals surface area contributed by atoms with E-state index in [2.05, 4.69) is 40.1 Å². The molecular weight excluding hydrogens is 474 g/mol. The van der Waals surface area contributed by atoms with Crippen LogP contribution in [0.5, 0.6) is 0 Å². The third-order valence-corrected chi connectivity index (χ3v) is 7.34. The van der Waals surface area contributed by atoms with E-state index in [0.717, 1.165) is 22.9 Å². The molecule has 5 nitrogen and oxygen atoms in total. The van der Waals surface area contributed by atoms with Gasteiger partial charge in [0.2, 0.25) is 0 Å². The molecule has 3 atom stereocenters. The zero-order valence-corrected chi connectivity index (χ0v) is 20.1. The van der Waals surface area contributed by atoms with Crippen molar-refractivity contribution in [1.82, 2.24) is 14.9 Å². The van der Waals surface area contributed by atoms with E-state index in [-0.39, 0.29) is 17.5 Å². The Morgan fingerprint density at radius 3 is 2.68 bits per heavy atom. The van der Waals surface area contributed by atoms with E-state index < -0.39 is 0 Å². The van der Waals surface area contributed by atoms with E-state index in [1.165, 1.54) is 6.42 Å². The molecular formula is C24H26BrN3O2S. The molecule has 2 N–H and O–H groups in total. The summed E-state index contributed by atoms with van der Waals surface area (Å²) in [4.78, 5) is 28.8. The molecule has 0 unspecified atom stereocenters. The van der Waals surface area contributed by atoms with Crippen molar-refractivity contribution < 1.29 is 4.79 Å². The first kappa shape index (κ1) is 22.0. The number of halogens is 1. The van der Waals surface area contributed by atoms with Crippen molar-refractivity contribution in [3.63, 3.8) is 0 Å². The Hall–Kier alpha value is -2.25. The molecule has 0 bridgehead atoms. The standard InChI is InChI=1S/C24H26BrN3O2S/c1-14-4-3-5-20(15(14)2)26-22(29)17-8-6-16(7-9-17)13-28-23(30)19-12-18(25)10-11-21(19)27-24(28)31/h6-12,14-15,20H,3-5,13H2,1-2H3,(H,26,29)(H,27,31)/t14-,15+,20-/m1/s1. The molecule has 2 aromatic carbocycles. The van der Waals surface area contributed by atoms with Gasteiger partial charge in [0.25, 0.3) is 11.5 Å². The van der Waals surface area contributed by atoms with Gasteiger partial charge in [-0.1, -0.05) is 54.8 Å². The van der Waals surface area contributed by atoms with E-state index in [0.29, 0.717) is 39.6 Å². The number of carbonyl (C=O) groups excluding carboxylic acids is 1. The van der Waals surface area contributed by atoms with Gasteiger partial charge in [-0.2, -0.15) is 0 Å². The summed E-state index contributed by atoms with van der Waals surface area (Å²) in [5.74, 6) is 1.08. The van der Waals surface area contributed by atoms with Crippen LogP contribution in [0.25, 0.3) is 10.9 Å². The second-order valence-electron chi connectivity index (χ2n) is 8.56. The van der Waals surface area contributed by atoms with Gasteiger partial charge in [0.05, 0.1) is 17.4 Å². The molecule has 1 saturated carbocycles. The fourth-order valence-corrected chi connectivity index (χ4v) is 4.97. The molecule has 1 heterocycles. The molecule has 1 aromatic heterocycles. The van der Waals surface area contributed by atoms with Crippen molar-refractivity contribution in [2.75, 3.05) is 0 Å². The van der Waals surface area contributed by atoms with Gasteiger partial charge in [-0.05, 0) is 66.4 Å². The van der Waals surface area contributed by atoms with Crippen LogP contribution >= 0.6 is 28.1 Å². The number of nitrogens with zero attached hydrogens (tertiary/aromatic N) is 1. The Bertz CT molecular complexity index is 1230.